The third-order valence-corrected chi connectivity index (χ3v) is 5.83. The first-order chi connectivity index (χ1) is 11.2. The Labute approximate surface area is 133 Å². The molecule has 2 N–H and O–H groups in total. The summed E-state index contributed by atoms with van der Waals surface area (Å²) < 4.78 is 22.1. The summed E-state index contributed by atoms with van der Waals surface area (Å²) in [6, 6.07) is 16.6. The molecule has 1 aromatic heterocycles. The summed E-state index contributed by atoms with van der Waals surface area (Å²) >= 11 is 0. The summed E-state index contributed by atoms with van der Waals surface area (Å²) in [5, 5.41) is 14.9. The summed E-state index contributed by atoms with van der Waals surface area (Å²) in [6.45, 7) is 2.34. The molecule has 3 aromatic rings. The van der Waals surface area contributed by atoms with Gasteiger partial charge in [0.15, 0.2) is 0 Å². The van der Waals surface area contributed by atoms with Crippen LogP contribution in [0.5, 0.6) is 11.8 Å². The Hall–Kier alpha value is -2.43. The molecule has 1 aliphatic heterocycles. The van der Waals surface area contributed by atoms with Crippen LogP contribution in [0.2, 0.25) is 0 Å². The molecule has 0 saturated carbocycles. The van der Waals surface area contributed by atoms with Crippen LogP contribution in [0, 0.1) is 0 Å². The molecule has 0 amide bonds. The van der Waals surface area contributed by atoms with Gasteiger partial charge in [0, 0.05) is 17.3 Å². The fourth-order valence-electron chi connectivity index (χ4n) is 2.85. The van der Waals surface area contributed by atoms with E-state index in [2.05, 4.69) is 5.09 Å². The highest BCUT2D eigenvalue weighted by atomic mass is 31.2. The Balaban J connectivity index is 2.00. The minimum Gasteiger partial charge on any atom is -0.493 e. The van der Waals surface area contributed by atoms with Gasteiger partial charge < -0.3 is 9.63 Å². The van der Waals surface area contributed by atoms with Crippen LogP contribution in [0.1, 0.15) is 6.92 Å². The third-order valence-electron chi connectivity index (χ3n) is 3.79. The number of hydrogen-bond donors (Lipinski definition) is 2. The average molecular weight is 329 g/mol. The highest BCUT2D eigenvalue weighted by Gasteiger charge is 2.45. The number of fused-ring (bicyclic) bond motifs is 3. The van der Waals surface area contributed by atoms with E-state index < -0.39 is 7.67 Å². The van der Waals surface area contributed by atoms with Gasteiger partial charge >= 0.3 is 7.67 Å². The van der Waals surface area contributed by atoms with Crippen LogP contribution >= 0.6 is 7.67 Å². The summed E-state index contributed by atoms with van der Waals surface area (Å²) in [7, 11) is -3.38. The van der Waals surface area contributed by atoms with Crippen molar-refractivity contribution in [2.75, 3.05) is 11.3 Å². The molecular weight excluding hydrogens is 313 g/mol. The van der Waals surface area contributed by atoms with Gasteiger partial charge in [-0.15, -0.1) is 0 Å². The van der Waals surface area contributed by atoms with Gasteiger partial charge in [-0.05, 0) is 24.3 Å². The summed E-state index contributed by atoms with van der Waals surface area (Å²) in [4.78, 5) is 0. The number of benzene rings is 2. The van der Waals surface area contributed by atoms with Gasteiger partial charge in [-0.25, -0.2) is 9.65 Å². The molecule has 6 nitrogen and oxygen atoms in total. The van der Waals surface area contributed by atoms with Gasteiger partial charge in [0.25, 0.3) is 0 Å². The van der Waals surface area contributed by atoms with Crippen LogP contribution < -0.4 is 14.4 Å². The number of anilines is 1. The zero-order valence-corrected chi connectivity index (χ0v) is 13.4. The Morgan fingerprint density at radius 2 is 1.74 bits per heavy atom. The highest BCUT2D eigenvalue weighted by molar-refractivity contribution is 7.59. The fourth-order valence-corrected chi connectivity index (χ4v) is 4.78. The van der Waals surface area contributed by atoms with Crippen molar-refractivity contribution in [3.63, 3.8) is 0 Å². The number of para-hydroxylation sites is 1. The molecule has 0 spiro atoms. The van der Waals surface area contributed by atoms with Crippen LogP contribution in [0.3, 0.4) is 0 Å². The van der Waals surface area contributed by atoms with Crippen molar-refractivity contribution < 1.29 is 14.2 Å². The summed E-state index contributed by atoms with van der Waals surface area (Å²) in [5.74, 6) is 0.390. The van der Waals surface area contributed by atoms with Crippen molar-refractivity contribution in [3.05, 3.63) is 54.6 Å². The zero-order valence-electron chi connectivity index (χ0n) is 12.5. The van der Waals surface area contributed by atoms with Gasteiger partial charge in [0.2, 0.25) is 11.8 Å². The lowest BCUT2D eigenvalue weighted by molar-refractivity contribution is 0.432. The molecule has 0 fully saturated rings. The third kappa shape index (κ3) is 1.96. The first kappa shape index (κ1) is 14.2. The maximum absolute atomic E-state index is 13.3. The number of nitrogens with zero attached hydrogens (tertiary/aromatic N) is 2. The van der Waals surface area contributed by atoms with E-state index in [4.69, 9.17) is 4.52 Å². The van der Waals surface area contributed by atoms with E-state index >= 15 is 0 Å². The second-order valence-electron chi connectivity index (χ2n) is 5.23. The van der Waals surface area contributed by atoms with Crippen LogP contribution in [-0.2, 0) is 4.57 Å². The Morgan fingerprint density at radius 3 is 2.43 bits per heavy atom. The minimum atomic E-state index is -3.38. The monoisotopic (exact) mass is 329 g/mol. The number of hydrogen-bond acceptors (Lipinski definition) is 3. The number of nitrogens with one attached hydrogen (secondary N) is 1. The van der Waals surface area contributed by atoms with E-state index in [9.17, 15) is 9.67 Å². The van der Waals surface area contributed by atoms with Gasteiger partial charge in [-0.2, -0.15) is 9.46 Å². The van der Waals surface area contributed by atoms with E-state index in [1.807, 2.05) is 55.5 Å². The molecule has 0 aliphatic carbocycles. The average Bonchev–Trinajstić information content (AvgIpc) is 3.01. The lowest BCUT2D eigenvalue weighted by Gasteiger charge is -2.25. The molecule has 1 aliphatic rings. The SMILES string of the molecule is CCNP1(=O)Oc2c3ccccc3c(O)n2N1c1ccccc1. The molecular formula is C16H16N3O3P. The van der Waals surface area contributed by atoms with E-state index in [0.717, 1.165) is 5.39 Å². The standard InChI is InChI=1S/C16H16N3O3P/c1-2-17-23(21)19(12-8-4-3-5-9-12)18-15(20)13-10-6-7-11-14(13)16(18)22-23/h3-11,20H,2H2,1H3,(H,17,21). The van der Waals surface area contributed by atoms with E-state index in [1.54, 1.807) is 6.07 Å². The topological polar surface area (TPSA) is 66.7 Å². The molecule has 23 heavy (non-hydrogen) atoms. The highest BCUT2D eigenvalue weighted by Crippen LogP contribution is 2.60. The molecule has 1 unspecified atom stereocenters. The maximum Gasteiger partial charge on any atom is 0.440 e. The molecule has 1 atom stereocenters. The second-order valence-corrected chi connectivity index (χ2v) is 7.15. The van der Waals surface area contributed by atoms with Gasteiger partial charge in [-0.1, -0.05) is 37.3 Å². The van der Waals surface area contributed by atoms with Crippen molar-refractivity contribution in [2.45, 2.75) is 6.92 Å². The lowest BCUT2D eigenvalue weighted by atomic mass is 10.2. The Morgan fingerprint density at radius 1 is 1.09 bits per heavy atom. The van der Waals surface area contributed by atoms with Gasteiger partial charge in [0.05, 0.1) is 5.69 Å². The zero-order chi connectivity index (χ0) is 16.0. The number of rotatable bonds is 3. The fraction of sp³-hybridized carbons (Fsp3) is 0.125. The Bertz CT molecular complexity index is 923. The lowest BCUT2D eigenvalue weighted by Crippen LogP contribution is -2.28. The summed E-state index contributed by atoms with van der Waals surface area (Å²) in [5.41, 5.74) is 0.672. The molecule has 4 rings (SSSR count). The van der Waals surface area contributed by atoms with Crippen molar-refractivity contribution in [1.82, 2.24) is 9.76 Å². The normalized spacial score (nSPS) is 19.8. The number of aromatic hydroxyl groups is 1. The molecule has 2 heterocycles. The first-order valence-corrected chi connectivity index (χ1v) is 8.96. The van der Waals surface area contributed by atoms with Crippen molar-refractivity contribution >= 4 is 24.1 Å². The smallest absolute Gasteiger partial charge is 0.440 e. The predicted molar refractivity (Wildman–Crippen MR) is 89.8 cm³/mol. The van der Waals surface area contributed by atoms with E-state index in [0.29, 0.717) is 23.5 Å². The largest absolute Gasteiger partial charge is 0.493 e. The summed E-state index contributed by atoms with van der Waals surface area (Å²) in [6.07, 6.45) is 0. The first-order valence-electron chi connectivity index (χ1n) is 7.39. The minimum absolute atomic E-state index is 0.00933. The quantitative estimate of drug-likeness (QED) is 0.717. The Kier molecular flexibility index (Phi) is 3.11. The molecule has 0 radical (unpaired) electrons. The molecule has 0 saturated heterocycles. The van der Waals surface area contributed by atoms with Crippen LogP contribution in [-0.4, -0.2) is 16.3 Å². The molecule has 0 bridgehead atoms. The molecule has 7 heteroatoms. The van der Waals surface area contributed by atoms with Crippen molar-refractivity contribution in [2.24, 2.45) is 0 Å². The maximum atomic E-state index is 13.3. The van der Waals surface area contributed by atoms with Crippen LogP contribution in [0.15, 0.2) is 54.6 Å². The van der Waals surface area contributed by atoms with E-state index in [-0.39, 0.29) is 5.88 Å². The number of aromatic nitrogens is 1. The van der Waals surface area contributed by atoms with Crippen LogP contribution in [0.25, 0.3) is 10.8 Å². The second kappa shape index (κ2) is 5.05. The van der Waals surface area contributed by atoms with Crippen LogP contribution in [0.4, 0.5) is 5.69 Å². The van der Waals surface area contributed by atoms with Gasteiger partial charge in [0.1, 0.15) is 0 Å². The van der Waals surface area contributed by atoms with Crippen molar-refractivity contribution in [1.29, 1.82) is 0 Å². The van der Waals surface area contributed by atoms with Crippen molar-refractivity contribution in [3.8, 4) is 11.8 Å². The van der Waals surface area contributed by atoms with Gasteiger partial charge in [-0.3, -0.25) is 0 Å². The predicted octanol–water partition coefficient (Wildman–Crippen LogP) is 3.73. The molecule has 2 aromatic carbocycles. The molecule has 118 valence electrons. The van der Waals surface area contributed by atoms with E-state index in [1.165, 1.54) is 9.46 Å².